The summed E-state index contributed by atoms with van der Waals surface area (Å²) in [6.07, 6.45) is 2.53. The van der Waals surface area contributed by atoms with E-state index in [1.165, 1.54) is 11.9 Å². The van der Waals surface area contributed by atoms with E-state index in [1.807, 2.05) is 42.5 Å². The number of nitrogens with one attached hydrogen (secondary N) is 1. The van der Waals surface area contributed by atoms with E-state index in [-0.39, 0.29) is 0 Å². The number of rotatable bonds is 6. The first-order valence-corrected chi connectivity index (χ1v) is 8.06. The zero-order valence-corrected chi connectivity index (χ0v) is 13.5. The molecule has 0 spiro atoms. The molecular formula is C18H14N4OS. The number of pyridine rings is 1. The molecule has 3 rings (SSSR count). The number of aromatic nitrogens is 1. The van der Waals surface area contributed by atoms with Crippen molar-refractivity contribution in [3.63, 3.8) is 0 Å². The van der Waals surface area contributed by atoms with Crippen LogP contribution < -0.4 is 4.72 Å². The predicted molar refractivity (Wildman–Crippen MR) is 96.2 cm³/mol. The fourth-order valence-corrected chi connectivity index (χ4v) is 2.51. The molecule has 6 heteroatoms. The van der Waals surface area contributed by atoms with Gasteiger partial charge in [-0.3, -0.25) is 4.79 Å². The van der Waals surface area contributed by atoms with Gasteiger partial charge in [-0.2, -0.15) is 10.2 Å². The molecule has 0 fully saturated rings. The highest BCUT2D eigenvalue weighted by molar-refractivity contribution is 8.00. The minimum atomic E-state index is 0.582. The van der Waals surface area contributed by atoms with Crippen LogP contribution in [0.3, 0.4) is 0 Å². The van der Waals surface area contributed by atoms with E-state index < -0.39 is 0 Å². The number of aldehydes is 1. The van der Waals surface area contributed by atoms with Gasteiger partial charge in [0, 0.05) is 16.7 Å². The molecule has 5 nitrogen and oxygen atoms in total. The lowest BCUT2D eigenvalue weighted by atomic mass is 10.2. The summed E-state index contributed by atoms with van der Waals surface area (Å²) in [4.78, 5) is 16.0. The van der Waals surface area contributed by atoms with Crippen LogP contribution in [0.4, 0.5) is 17.2 Å². The summed E-state index contributed by atoms with van der Waals surface area (Å²) in [6, 6.07) is 20.4. The Morgan fingerprint density at radius 1 is 0.917 bits per heavy atom. The minimum absolute atomic E-state index is 0.582. The Hall–Kier alpha value is -2.99. The second kappa shape index (κ2) is 8.03. The standard InChI is InChI=1S/C18H14N4OS/c23-13-14-4-3-5-16(12-14)21-20-15-7-9-17(10-8-15)24-22-18-6-1-2-11-19-18/h1-13H,(H,19,22). The Balaban J connectivity index is 1.61. The number of carbonyl (C=O) groups is 1. The van der Waals surface area contributed by atoms with Crippen molar-refractivity contribution >= 4 is 35.4 Å². The van der Waals surface area contributed by atoms with Gasteiger partial charge in [-0.15, -0.1) is 0 Å². The van der Waals surface area contributed by atoms with Crippen LogP contribution in [0, 0.1) is 0 Å². The van der Waals surface area contributed by atoms with Gasteiger partial charge in [-0.1, -0.05) is 18.2 Å². The molecule has 0 bridgehead atoms. The molecule has 0 unspecified atom stereocenters. The van der Waals surface area contributed by atoms with Gasteiger partial charge in [0.25, 0.3) is 0 Å². The van der Waals surface area contributed by atoms with Gasteiger partial charge < -0.3 is 4.72 Å². The summed E-state index contributed by atoms with van der Waals surface area (Å²) in [6.45, 7) is 0. The van der Waals surface area contributed by atoms with Crippen molar-refractivity contribution in [2.45, 2.75) is 4.90 Å². The molecule has 1 heterocycles. The molecule has 118 valence electrons. The third-order valence-electron chi connectivity index (χ3n) is 3.06. The average Bonchev–Trinajstić information content (AvgIpc) is 2.66. The molecule has 1 aromatic heterocycles. The van der Waals surface area contributed by atoms with Crippen LogP contribution in [-0.4, -0.2) is 11.3 Å². The number of hydrogen-bond donors (Lipinski definition) is 1. The molecule has 0 atom stereocenters. The summed E-state index contributed by atoms with van der Waals surface area (Å²) >= 11 is 1.48. The van der Waals surface area contributed by atoms with Gasteiger partial charge in [0.1, 0.15) is 12.1 Å². The molecule has 0 saturated carbocycles. The van der Waals surface area contributed by atoms with Crippen molar-refractivity contribution in [1.82, 2.24) is 4.98 Å². The second-order valence-corrected chi connectivity index (χ2v) is 5.71. The summed E-state index contributed by atoms with van der Waals surface area (Å²) < 4.78 is 3.17. The second-order valence-electron chi connectivity index (χ2n) is 4.83. The maximum Gasteiger partial charge on any atom is 0.150 e. The Labute approximate surface area is 144 Å². The van der Waals surface area contributed by atoms with Gasteiger partial charge >= 0.3 is 0 Å². The third kappa shape index (κ3) is 4.50. The van der Waals surface area contributed by atoms with Crippen LogP contribution in [0.15, 0.2) is 88.1 Å². The number of azo groups is 1. The molecule has 0 aliphatic carbocycles. The fourth-order valence-electron chi connectivity index (χ4n) is 1.89. The zero-order chi connectivity index (χ0) is 16.6. The smallest absolute Gasteiger partial charge is 0.150 e. The number of nitrogens with zero attached hydrogens (tertiary/aromatic N) is 3. The molecule has 1 N–H and O–H groups in total. The normalized spacial score (nSPS) is 10.7. The van der Waals surface area contributed by atoms with Gasteiger partial charge in [-0.25, -0.2) is 4.98 Å². The fraction of sp³-hybridized carbons (Fsp3) is 0. The first-order chi connectivity index (χ1) is 11.8. The van der Waals surface area contributed by atoms with Crippen LogP contribution in [0.2, 0.25) is 0 Å². The highest BCUT2D eigenvalue weighted by Gasteiger charge is 1.97. The van der Waals surface area contributed by atoms with E-state index in [0.717, 1.165) is 22.7 Å². The molecule has 24 heavy (non-hydrogen) atoms. The molecule has 0 radical (unpaired) electrons. The van der Waals surface area contributed by atoms with E-state index in [4.69, 9.17) is 0 Å². The van der Waals surface area contributed by atoms with Crippen molar-refractivity contribution in [2.75, 3.05) is 4.72 Å². The van der Waals surface area contributed by atoms with Gasteiger partial charge in [0.15, 0.2) is 0 Å². The minimum Gasteiger partial charge on any atom is -0.310 e. The summed E-state index contributed by atoms with van der Waals surface area (Å²) in [5.41, 5.74) is 1.97. The molecular weight excluding hydrogens is 320 g/mol. The SMILES string of the molecule is O=Cc1cccc(N=Nc2ccc(SNc3ccccn3)cc2)c1. The zero-order valence-electron chi connectivity index (χ0n) is 12.7. The monoisotopic (exact) mass is 334 g/mol. The maximum absolute atomic E-state index is 10.7. The lowest BCUT2D eigenvalue weighted by Crippen LogP contribution is -1.88. The van der Waals surface area contributed by atoms with E-state index >= 15 is 0 Å². The van der Waals surface area contributed by atoms with E-state index in [1.54, 1.807) is 30.5 Å². The Morgan fingerprint density at radius 3 is 2.50 bits per heavy atom. The number of hydrogen-bond acceptors (Lipinski definition) is 6. The van der Waals surface area contributed by atoms with Gasteiger partial charge in [0.05, 0.1) is 11.4 Å². The molecule has 0 aliphatic heterocycles. The Kier molecular flexibility index (Phi) is 5.32. The summed E-state index contributed by atoms with van der Waals surface area (Å²) in [5.74, 6) is 0.807. The van der Waals surface area contributed by atoms with Crippen molar-refractivity contribution in [2.24, 2.45) is 10.2 Å². The first kappa shape index (κ1) is 15.9. The lowest BCUT2D eigenvalue weighted by Gasteiger charge is -2.04. The third-order valence-corrected chi connectivity index (χ3v) is 3.88. The van der Waals surface area contributed by atoms with Crippen molar-refractivity contribution in [3.05, 3.63) is 78.5 Å². The molecule has 0 saturated heterocycles. The van der Waals surface area contributed by atoms with E-state index in [0.29, 0.717) is 11.3 Å². The summed E-state index contributed by atoms with van der Waals surface area (Å²) in [7, 11) is 0. The van der Waals surface area contributed by atoms with E-state index in [2.05, 4.69) is 19.9 Å². The van der Waals surface area contributed by atoms with Crippen LogP contribution in [-0.2, 0) is 0 Å². The molecule has 3 aromatic rings. The molecule has 0 aliphatic rings. The van der Waals surface area contributed by atoms with Crippen molar-refractivity contribution in [1.29, 1.82) is 0 Å². The van der Waals surface area contributed by atoms with Gasteiger partial charge in [0.2, 0.25) is 0 Å². The maximum atomic E-state index is 10.7. The summed E-state index contributed by atoms with van der Waals surface area (Å²) in [5, 5.41) is 8.32. The highest BCUT2D eigenvalue weighted by atomic mass is 32.2. The average molecular weight is 334 g/mol. The van der Waals surface area contributed by atoms with Crippen LogP contribution in [0.1, 0.15) is 10.4 Å². The first-order valence-electron chi connectivity index (χ1n) is 7.24. The van der Waals surface area contributed by atoms with Crippen molar-refractivity contribution < 1.29 is 4.79 Å². The Morgan fingerprint density at radius 2 is 1.75 bits per heavy atom. The Bertz CT molecular complexity index is 835. The number of carbonyl (C=O) groups excluding carboxylic acids is 1. The molecule has 0 amide bonds. The quantitative estimate of drug-likeness (QED) is 0.371. The topological polar surface area (TPSA) is 66.7 Å². The van der Waals surface area contributed by atoms with Gasteiger partial charge in [-0.05, 0) is 60.5 Å². The highest BCUT2D eigenvalue weighted by Crippen LogP contribution is 2.24. The lowest BCUT2D eigenvalue weighted by molar-refractivity contribution is 0.112. The number of benzene rings is 2. The van der Waals surface area contributed by atoms with Crippen molar-refractivity contribution in [3.8, 4) is 0 Å². The molecule has 2 aromatic carbocycles. The van der Waals surface area contributed by atoms with Crippen LogP contribution in [0.5, 0.6) is 0 Å². The predicted octanol–water partition coefficient (Wildman–Crippen LogP) is 5.43. The van der Waals surface area contributed by atoms with Crippen LogP contribution in [0.25, 0.3) is 0 Å². The van der Waals surface area contributed by atoms with E-state index in [9.17, 15) is 4.79 Å². The number of anilines is 1. The largest absolute Gasteiger partial charge is 0.310 e. The van der Waals surface area contributed by atoms with Crippen LogP contribution >= 0.6 is 11.9 Å².